The summed E-state index contributed by atoms with van der Waals surface area (Å²) in [4.78, 5) is 15.4. The van der Waals surface area contributed by atoms with E-state index in [0.717, 1.165) is 22.2 Å². The Balaban J connectivity index is 1.36. The van der Waals surface area contributed by atoms with Crippen LogP contribution in [0.4, 0.5) is 0 Å². The molecule has 2 aromatic carbocycles. The molecule has 4 aromatic rings. The van der Waals surface area contributed by atoms with E-state index in [1.54, 1.807) is 18.4 Å². The number of amides is 1. The lowest BCUT2D eigenvalue weighted by Gasteiger charge is -2.11. The number of carbonyl (C=O) groups excluding carboxylic acids is 1. The van der Waals surface area contributed by atoms with E-state index in [-0.39, 0.29) is 5.91 Å². The van der Waals surface area contributed by atoms with Crippen LogP contribution in [0.2, 0.25) is 0 Å². The second-order valence-corrected chi connectivity index (χ2v) is 6.31. The van der Waals surface area contributed by atoms with Crippen molar-refractivity contribution < 1.29 is 13.9 Å². The predicted molar refractivity (Wildman–Crippen MR) is 103 cm³/mol. The van der Waals surface area contributed by atoms with Crippen molar-refractivity contribution in [2.75, 3.05) is 0 Å². The third-order valence-corrected chi connectivity index (χ3v) is 4.41. The van der Waals surface area contributed by atoms with Gasteiger partial charge in [0.25, 0.3) is 5.91 Å². The quantitative estimate of drug-likeness (QED) is 0.513. The highest BCUT2D eigenvalue weighted by atomic mass is 16.5. The molecule has 4 rings (SSSR count). The van der Waals surface area contributed by atoms with Crippen LogP contribution in [-0.4, -0.2) is 10.9 Å². The van der Waals surface area contributed by atoms with E-state index in [1.165, 1.54) is 0 Å². The first-order valence-electron chi connectivity index (χ1n) is 8.82. The smallest absolute Gasteiger partial charge is 0.268 e. The molecule has 136 valence electrons. The van der Waals surface area contributed by atoms with Crippen molar-refractivity contribution in [3.8, 4) is 0 Å². The third-order valence-electron chi connectivity index (χ3n) is 4.41. The van der Waals surface area contributed by atoms with E-state index in [4.69, 9.17) is 9.15 Å². The Morgan fingerprint density at radius 2 is 1.74 bits per heavy atom. The minimum absolute atomic E-state index is 0.165. The standard InChI is InChI=1S/C22H20N2O3/c25-22(20-12-21-19(24-20)10-11-27-21)23-13-17-8-4-5-9-18(17)15-26-14-16-6-2-1-3-7-16/h1-12,24H,13-15H2,(H,23,25). The minimum atomic E-state index is -0.165. The van der Waals surface area contributed by atoms with Crippen LogP contribution in [0.15, 0.2) is 77.4 Å². The summed E-state index contributed by atoms with van der Waals surface area (Å²) in [7, 11) is 0. The highest BCUT2D eigenvalue weighted by Gasteiger charge is 2.11. The van der Waals surface area contributed by atoms with Gasteiger partial charge in [-0.3, -0.25) is 4.79 Å². The van der Waals surface area contributed by atoms with Crippen molar-refractivity contribution in [1.82, 2.24) is 10.3 Å². The molecular formula is C22H20N2O3. The maximum atomic E-state index is 12.4. The van der Waals surface area contributed by atoms with Crippen molar-refractivity contribution in [3.05, 3.63) is 95.4 Å². The molecule has 1 amide bonds. The topological polar surface area (TPSA) is 67.3 Å². The Morgan fingerprint density at radius 3 is 2.56 bits per heavy atom. The molecule has 0 aliphatic heterocycles. The van der Waals surface area contributed by atoms with Gasteiger partial charge >= 0.3 is 0 Å². The van der Waals surface area contributed by atoms with Crippen LogP contribution in [-0.2, 0) is 24.5 Å². The number of aromatic nitrogens is 1. The van der Waals surface area contributed by atoms with Gasteiger partial charge in [0, 0.05) is 18.7 Å². The molecule has 0 aliphatic carbocycles. The summed E-state index contributed by atoms with van der Waals surface area (Å²) in [6, 6.07) is 21.5. The van der Waals surface area contributed by atoms with E-state index in [1.807, 2.05) is 54.6 Å². The van der Waals surface area contributed by atoms with Gasteiger partial charge < -0.3 is 19.5 Å². The first-order chi connectivity index (χ1) is 13.3. The molecular weight excluding hydrogens is 340 g/mol. The van der Waals surface area contributed by atoms with Gasteiger partial charge in [-0.25, -0.2) is 0 Å². The van der Waals surface area contributed by atoms with Crippen LogP contribution >= 0.6 is 0 Å². The largest absolute Gasteiger partial charge is 0.463 e. The zero-order valence-corrected chi connectivity index (χ0v) is 14.8. The molecule has 0 spiro atoms. The van der Waals surface area contributed by atoms with Gasteiger partial charge in [-0.1, -0.05) is 54.6 Å². The lowest BCUT2D eigenvalue weighted by molar-refractivity contribution is 0.0943. The first kappa shape index (κ1) is 17.1. The summed E-state index contributed by atoms with van der Waals surface area (Å²) in [5.41, 5.74) is 5.22. The predicted octanol–water partition coefficient (Wildman–Crippen LogP) is 4.41. The normalized spacial score (nSPS) is 11.0. The SMILES string of the molecule is O=C(NCc1ccccc1COCc1ccccc1)c1cc2occc2[nH]1. The van der Waals surface area contributed by atoms with Gasteiger partial charge in [0.15, 0.2) is 5.58 Å². The molecule has 2 N–H and O–H groups in total. The zero-order chi connectivity index (χ0) is 18.5. The molecule has 0 fully saturated rings. The number of rotatable bonds is 7. The number of nitrogens with one attached hydrogen (secondary N) is 2. The maximum absolute atomic E-state index is 12.4. The number of carbonyl (C=O) groups is 1. The van der Waals surface area contributed by atoms with Gasteiger partial charge in [0.1, 0.15) is 5.69 Å². The number of hydrogen-bond acceptors (Lipinski definition) is 3. The van der Waals surface area contributed by atoms with Gasteiger partial charge in [0.05, 0.1) is 25.0 Å². The average Bonchev–Trinajstić information content (AvgIpc) is 3.30. The third kappa shape index (κ3) is 4.10. The van der Waals surface area contributed by atoms with Crippen molar-refractivity contribution in [2.45, 2.75) is 19.8 Å². The molecule has 5 nitrogen and oxygen atoms in total. The molecule has 0 saturated heterocycles. The first-order valence-corrected chi connectivity index (χ1v) is 8.82. The highest BCUT2D eigenvalue weighted by Crippen LogP contribution is 2.16. The zero-order valence-electron chi connectivity index (χ0n) is 14.8. The van der Waals surface area contributed by atoms with Gasteiger partial charge in [-0.05, 0) is 16.7 Å². The van der Waals surface area contributed by atoms with Crippen molar-refractivity contribution >= 4 is 17.0 Å². The minimum Gasteiger partial charge on any atom is -0.463 e. The molecule has 2 aromatic heterocycles. The average molecular weight is 360 g/mol. The number of furan rings is 1. The number of fused-ring (bicyclic) bond motifs is 1. The molecule has 0 radical (unpaired) electrons. The summed E-state index contributed by atoms with van der Waals surface area (Å²) in [5.74, 6) is -0.165. The van der Waals surface area contributed by atoms with Crippen LogP contribution in [0.5, 0.6) is 0 Å². The summed E-state index contributed by atoms with van der Waals surface area (Å²) >= 11 is 0. The van der Waals surface area contributed by atoms with Crippen LogP contribution < -0.4 is 5.32 Å². The maximum Gasteiger partial charge on any atom is 0.268 e. The van der Waals surface area contributed by atoms with E-state index >= 15 is 0 Å². The lowest BCUT2D eigenvalue weighted by Crippen LogP contribution is -2.23. The molecule has 0 saturated carbocycles. The Bertz CT molecular complexity index is 1010. The monoisotopic (exact) mass is 360 g/mol. The molecule has 0 bridgehead atoms. The number of benzene rings is 2. The highest BCUT2D eigenvalue weighted by molar-refractivity contribution is 5.96. The molecule has 0 atom stereocenters. The van der Waals surface area contributed by atoms with Crippen LogP contribution in [0, 0.1) is 0 Å². The number of ether oxygens (including phenoxy) is 1. The second kappa shape index (κ2) is 7.93. The van der Waals surface area contributed by atoms with Gasteiger partial charge in [-0.15, -0.1) is 0 Å². The fourth-order valence-electron chi connectivity index (χ4n) is 2.97. The summed E-state index contributed by atoms with van der Waals surface area (Å²) in [6.45, 7) is 1.49. The molecule has 0 unspecified atom stereocenters. The molecule has 27 heavy (non-hydrogen) atoms. The van der Waals surface area contributed by atoms with E-state index in [2.05, 4.69) is 10.3 Å². The van der Waals surface area contributed by atoms with Crippen LogP contribution in [0.3, 0.4) is 0 Å². The fourth-order valence-corrected chi connectivity index (χ4v) is 2.97. The number of aromatic amines is 1. The van der Waals surface area contributed by atoms with E-state index in [0.29, 0.717) is 31.0 Å². The van der Waals surface area contributed by atoms with Gasteiger partial charge in [0.2, 0.25) is 0 Å². The molecule has 2 heterocycles. The lowest BCUT2D eigenvalue weighted by atomic mass is 10.1. The van der Waals surface area contributed by atoms with Crippen molar-refractivity contribution in [2.24, 2.45) is 0 Å². The van der Waals surface area contributed by atoms with E-state index < -0.39 is 0 Å². The Hall–Kier alpha value is -3.31. The Kier molecular flexibility index (Phi) is 5.03. The van der Waals surface area contributed by atoms with Crippen LogP contribution in [0.25, 0.3) is 11.1 Å². The van der Waals surface area contributed by atoms with Crippen molar-refractivity contribution in [1.29, 1.82) is 0 Å². The molecule has 0 aliphatic rings. The van der Waals surface area contributed by atoms with Crippen molar-refractivity contribution in [3.63, 3.8) is 0 Å². The number of H-pyrrole nitrogens is 1. The Morgan fingerprint density at radius 1 is 0.963 bits per heavy atom. The second-order valence-electron chi connectivity index (χ2n) is 6.31. The molecule has 5 heteroatoms. The van der Waals surface area contributed by atoms with Gasteiger partial charge in [-0.2, -0.15) is 0 Å². The summed E-state index contributed by atoms with van der Waals surface area (Å²) in [5, 5.41) is 2.95. The van der Waals surface area contributed by atoms with Crippen LogP contribution in [0.1, 0.15) is 27.2 Å². The fraction of sp³-hybridized carbons (Fsp3) is 0.136. The van der Waals surface area contributed by atoms with E-state index in [9.17, 15) is 4.79 Å². The summed E-state index contributed by atoms with van der Waals surface area (Å²) < 4.78 is 11.1. The number of hydrogen-bond donors (Lipinski definition) is 2. The Labute approximate surface area is 157 Å². The summed E-state index contributed by atoms with van der Waals surface area (Å²) in [6.07, 6.45) is 1.59.